The highest BCUT2D eigenvalue weighted by Crippen LogP contribution is 2.12. The first-order valence-corrected chi connectivity index (χ1v) is 8.17. The van der Waals surface area contributed by atoms with Crippen LogP contribution in [-0.2, 0) is 11.3 Å². The number of amides is 1. The molecule has 5 nitrogen and oxygen atoms in total. The number of hydrogen-bond donors (Lipinski definition) is 1. The number of aryl methyl sites for hydroxylation is 1. The maximum Gasteiger partial charge on any atom is 0.223 e. The molecule has 0 atom stereocenters. The summed E-state index contributed by atoms with van der Waals surface area (Å²) < 4.78 is 7.63. The zero-order valence-electron chi connectivity index (χ0n) is 13.5. The summed E-state index contributed by atoms with van der Waals surface area (Å²) in [6.07, 6.45) is 3.08. The molecule has 3 aromatic rings. The number of benzene rings is 2. The van der Waals surface area contributed by atoms with Gasteiger partial charge in [0.15, 0.2) is 0 Å². The van der Waals surface area contributed by atoms with E-state index in [1.807, 2.05) is 54.9 Å². The fraction of sp³-hybridized carbons (Fsp3) is 0.263. The quantitative estimate of drug-likeness (QED) is 0.648. The second-order valence-electron chi connectivity index (χ2n) is 5.54. The van der Waals surface area contributed by atoms with E-state index in [9.17, 15) is 4.79 Å². The second kappa shape index (κ2) is 8.15. The Morgan fingerprint density at radius 1 is 1.08 bits per heavy atom. The highest BCUT2D eigenvalue weighted by atomic mass is 16.5. The zero-order valence-corrected chi connectivity index (χ0v) is 13.5. The van der Waals surface area contributed by atoms with Gasteiger partial charge in [0.25, 0.3) is 0 Å². The van der Waals surface area contributed by atoms with E-state index in [4.69, 9.17) is 4.74 Å². The topological polar surface area (TPSA) is 56.1 Å². The maximum atomic E-state index is 11.8. The van der Waals surface area contributed by atoms with Crippen molar-refractivity contribution in [1.82, 2.24) is 14.9 Å². The molecule has 1 N–H and O–H groups in total. The zero-order chi connectivity index (χ0) is 16.6. The number of carbonyl (C=O) groups is 1. The Kier molecular flexibility index (Phi) is 5.45. The van der Waals surface area contributed by atoms with Gasteiger partial charge in [-0.15, -0.1) is 0 Å². The Balaban J connectivity index is 1.33. The first-order valence-electron chi connectivity index (χ1n) is 8.17. The smallest absolute Gasteiger partial charge is 0.223 e. The molecule has 2 aromatic carbocycles. The number of para-hydroxylation sites is 3. The number of nitrogens with zero attached hydrogens (tertiary/aromatic N) is 2. The molecule has 0 aliphatic carbocycles. The number of nitrogens with one attached hydrogen (secondary N) is 1. The van der Waals surface area contributed by atoms with Gasteiger partial charge in [-0.2, -0.15) is 0 Å². The Labute approximate surface area is 141 Å². The number of ether oxygens (including phenoxy) is 1. The van der Waals surface area contributed by atoms with E-state index in [-0.39, 0.29) is 5.91 Å². The van der Waals surface area contributed by atoms with Gasteiger partial charge in [0.1, 0.15) is 5.75 Å². The molecule has 0 bridgehead atoms. The molecule has 3 rings (SSSR count). The minimum Gasteiger partial charge on any atom is -0.493 e. The number of imidazole rings is 1. The predicted molar refractivity (Wildman–Crippen MR) is 93.9 cm³/mol. The van der Waals surface area contributed by atoms with Crippen LogP contribution in [0.25, 0.3) is 11.0 Å². The number of fused-ring (bicyclic) bond motifs is 1. The Bertz CT molecular complexity index is 783. The van der Waals surface area contributed by atoms with Gasteiger partial charge in [0.2, 0.25) is 5.91 Å². The third-order valence-electron chi connectivity index (χ3n) is 3.77. The number of hydrogen-bond acceptors (Lipinski definition) is 3. The van der Waals surface area contributed by atoms with Crippen LogP contribution in [0.3, 0.4) is 0 Å². The van der Waals surface area contributed by atoms with Crippen molar-refractivity contribution in [2.45, 2.75) is 19.4 Å². The molecule has 0 unspecified atom stereocenters. The van der Waals surface area contributed by atoms with E-state index in [1.54, 1.807) is 0 Å². The van der Waals surface area contributed by atoms with Crippen LogP contribution in [-0.4, -0.2) is 28.6 Å². The summed E-state index contributed by atoms with van der Waals surface area (Å²) in [5.74, 6) is 0.804. The monoisotopic (exact) mass is 323 g/mol. The molecular formula is C19H21N3O2. The van der Waals surface area contributed by atoms with E-state index in [1.165, 1.54) is 0 Å². The molecule has 5 heteroatoms. The lowest BCUT2D eigenvalue weighted by Gasteiger charge is -2.08. The molecule has 0 aliphatic heterocycles. The van der Waals surface area contributed by atoms with Gasteiger partial charge in [-0.3, -0.25) is 4.79 Å². The van der Waals surface area contributed by atoms with E-state index >= 15 is 0 Å². The van der Waals surface area contributed by atoms with Crippen molar-refractivity contribution < 1.29 is 9.53 Å². The minimum atomic E-state index is 0.0152. The van der Waals surface area contributed by atoms with Crippen molar-refractivity contribution in [2.24, 2.45) is 0 Å². The first-order chi connectivity index (χ1) is 11.8. The van der Waals surface area contributed by atoms with Gasteiger partial charge in [-0.1, -0.05) is 30.3 Å². The highest BCUT2D eigenvalue weighted by Gasteiger charge is 2.03. The summed E-state index contributed by atoms with van der Waals surface area (Å²) in [4.78, 5) is 16.2. The van der Waals surface area contributed by atoms with E-state index in [0.717, 1.165) is 29.7 Å². The van der Waals surface area contributed by atoms with Gasteiger partial charge in [-0.25, -0.2) is 4.98 Å². The lowest BCUT2D eigenvalue weighted by molar-refractivity contribution is -0.121. The van der Waals surface area contributed by atoms with Crippen molar-refractivity contribution in [3.05, 3.63) is 60.9 Å². The van der Waals surface area contributed by atoms with E-state index < -0.39 is 0 Å². The van der Waals surface area contributed by atoms with Crippen molar-refractivity contribution >= 4 is 16.9 Å². The van der Waals surface area contributed by atoms with Gasteiger partial charge >= 0.3 is 0 Å². The molecule has 24 heavy (non-hydrogen) atoms. The minimum absolute atomic E-state index is 0.0152. The molecular weight excluding hydrogens is 302 g/mol. The summed E-state index contributed by atoms with van der Waals surface area (Å²) >= 11 is 0. The molecule has 1 amide bonds. The SMILES string of the molecule is O=C(CCOc1ccccc1)NCCCn1cnc2ccccc21. The average molecular weight is 323 g/mol. The summed E-state index contributed by atoms with van der Waals surface area (Å²) in [6.45, 7) is 1.87. The third-order valence-corrected chi connectivity index (χ3v) is 3.77. The Morgan fingerprint density at radius 3 is 2.75 bits per heavy atom. The van der Waals surface area contributed by atoms with Gasteiger partial charge in [0, 0.05) is 13.1 Å². The van der Waals surface area contributed by atoms with Gasteiger partial charge < -0.3 is 14.6 Å². The van der Waals surface area contributed by atoms with Gasteiger partial charge in [0.05, 0.1) is 30.4 Å². The van der Waals surface area contributed by atoms with E-state index in [0.29, 0.717) is 19.6 Å². The van der Waals surface area contributed by atoms with Crippen molar-refractivity contribution in [3.63, 3.8) is 0 Å². The normalized spacial score (nSPS) is 10.7. The van der Waals surface area contributed by atoms with Crippen LogP contribution >= 0.6 is 0 Å². The largest absolute Gasteiger partial charge is 0.493 e. The molecule has 0 spiro atoms. The fourth-order valence-corrected chi connectivity index (χ4v) is 2.53. The molecule has 1 aromatic heterocycles. The number of aromatic nitrogens is 2. The van der Waals surface area contributed by atoms with Crippen LogP contribution in [0.15, 0.2) is 60.9 Å². The average Bonchev–Trinajstić information content (AvgIpc) is 3.03. The summed E-state index contributed by atoms with van der Waals surface area (Å²) in [5.41, 5.74) is 2.12. The maximum absolute atomic E-state index is 11.8. The Hall–Kier alpha value is -2.82. The molecule has 0 radical (unpaired) electrons. The van der Waals surface area contributed by atoms with Crippen LogP contribution in [0.2, 0.25) is 0 Å². The van der Waals surface area contributed by atoms with Crippen LogP contribution in [0.4, 0.5) is 0 Å². The Morgan fingerprint density at radius 2 is 1.88 bits per heavy atom. The molecule has 124 valence electrons. The fourth-order valence-electron chi connectivity index (χ4n) is 2.53. The van der Waals surface area contributed by atoms with Crippen molar-refractivity contribution in [2.75, 3.05) is 13.2 Å². The van der Waals surface area contributed by atoms with Crippen molar-refractivity contribution in [1.29, 1.82) is 0 Å². The van der Waals surface area contributed by atoms with Crippen LogP contribution in [0, 0.1) is 0 Å². The molecule has 0 saturated carbocycles. The van der Waals surface area contributed by atoms with E-state index in [2.05, 4.69) is 20.9 Å². The number of rotatable bonds is 8. The summed E-state index contributed by atoms with van der Waals surface area (Å²) in [5, 5.41) is 2.93. The summed E-state index contributed by atoms with van der Waals surface area (Å²) in [6, 6.07) is 17.6. The van der Waals surface area contributed by atoms with Crippen LogP contribution in [0.1, 0.15) is 12.8 Å². The van der Waals surface area contributed by atoms with Crippen LogP contribution in [0.5, 0.6) is 5.75 Å². The summed E-state index contributed by atoms with van der Waals surface area (Å²) in [7, 11) is 0. The highest BCUT2D eigenvalue weighted by molar-refractivity contribution is 5.76. The molecule has 1 heterocycles. The third kappa shape index (κ3) is 4.35. The van der Waals surface area contributed by atoms with Gasteiger partial charge in [-0.05, 0) is 30.7 Å². The van der Waals surface area contributed by atoms with Crippen molar-refractivity contribution in [3.8, 4) is 5.75 Å². The number of carbonyl (C=O) groups excluding carboxylic acids is 1. The predicted octanol–water partition coefficient (Wildman–Crippen LogP) is 3.01. The standard InChI is InChI=1S/C19H21N3O2/c23-19(11-14-24-16-7-2-1-3-8-16)20-12-6-13-22-15-21-17-9-4-5-10-18(17)22/h1-5,7-10,15H,6,11-14H2,(H,20,23). The second-order valence-corrected chi connectivity index (χ2v) is 5.54. The molecule has 0 saturated heterocycles. The van der Waals surface area contributed by atoms with Crippen LogP contribution < -0.4 is 10.1 Å². The molecule has 0 aliphatic rings. The molecule has 0 fully saturated rings. The first kappa shape index (κ1) is 16.1. The lowest BCUT2D eigenvalue weighted by Crippen LogP contribution is -2.26. The lowest BCUT2D eigenvalue weighted by atomic mass is 10.3.